The van der Waals surface area contributed by atoms with Gasteiger partial charge < -0.3 is 14.2 Å². The van der Waals surface area contributed by atoms with Crippen LogP contribution in [0.1, 0.15) is 24.3 Å². The molecule has 1 saturated heterocycles. The van der Waals surface area contributed by atoms with Gasteiger partial charge in [0.25, 0.3) is 0 Å². The molecule has 1 fully saturated rings. The molecule has 0 unspecified atom stereocenters. The molecule has 0 atom stereocenters. The lowest BCUT2D eigenvalue weighted by Crippen LogP contribution is -2.04. The summed E-state index contributed by atoms with van der Waals surface area (Å²) >= 11 is 6.10. The van der Waals surface area contributed by atoms with E-state index in [9.17, 15) is 0 Å². The van der Waals surface area contributed by atoms with Crippen LogP contribution in [0.5, 0.6) is 5.75 Å². The Morgan fingerprint density at radius 2 is 2.06 bits per heavy atom. The van der Waals surface area contributed by atoms with E-state index >= 15 is 0 Å². The van der Waals surface area contributed by atoms with E-state index in [1.54, 1.807) is 0 Å². The molecule has 1 aliphatic heterocycles. The first kappa shape index (κ1) is 11.7. The van der Waals surface area contributed by atoms with E-state index in [-0.39, 0.29) is 6.29 Å². The van der Waals surface area contributed by atoms with Gasteiger partial charge >= 0.3 is 0 Å². The Kier molecular flexibility index (Phi) is 3.69. The first-order chi connectivity index (χ1) is 7.72. The second-order valence-corrected chi connectivity index (χ2v) is 4.05. The van der Waals surface area contributed by atoms with Crippen molar-refractivity contribution in [3.8, 4) is 5.75 Å². The van der Waals surface area contributed by atoms with Gasteiger partial charge in [0.05, 0.1) is 25.4 Å². The van der Waals surface area contributed by atoms with Crippen LogP contribution in [0.25, 0.3) is 0 Å². The predicted molar refractivity (Wildman–Crippen MR) is 62.0 cm³/mol. The smallest absolute Gasteiger partial charge is 0.187 e. The maximum atomic E-state index is 6.10. The maximum absolute atomic E-state index is 6.10. The van der Waals surface area contributed by atoms with Crippen molar-refractivity contribution in [1.29, 1.82) is 0 Å². The normalized spacial score (nSPS) is 16.7. The van der Waals surface area contributed by atoms with Crippen LogP contribution in [0.4, 0.5) is 0 Å². The van der Waals surface area contributed by atoms with Gasteiger partial charge in [-0.1, -0.05) is 11.6 Å². The Morgan fingerprint density at radius 1 is 1.38 bits per heavy atom. The number of rotatable bonds is 3. The molecule has 1 aliphatic rings. The Morgan fingerprint density at radius 3 is 2.69 bits per heavy atom. The van der Waals surface area contributed by atoms with Crippen LogP contribution in [-0.2, 0) is 9.47 Å². The van der Waals surface area contributed by atoms with Gasteiger partial charge in [-0.3, -0.25) is 0 Å². The summed E-state index contributed by atoms with van der Waals surface area (Å²) in [6.07, 6.45) is -0.348. The molecular weight excluding hydrogens is 228 g/mol. The van der Waals surface area contributed by atoms with E-state index in [2.05, 4.69) is 0 Å². The van der Waals surface area contributed by atoms with Gasteiger partial charge in [0.1, 0.15) is 5.75 Å². The molecule has 0 bridgehead atoms. The molecule has 16 heavy (non-hydrogen) atoms. The summed E-state index contributed by atoms with van der Waals surface area (Å²) in [6, 6.07) is 3.78. The van der Waals surface area contributed by atoms with Gasteiger partial charge in [-0.05, 0) is 31.5 Å². The zero-order chi connectivity index (χ0) is 11.5. The SMILES string of the molecule is CCOc1cc(C)c(Cl)cc1C1OCCO1. The van der Waals surface area contributed by atoms with E-state index < -0.39 is 0 Å². The van der Waals surface area contributed by atoms with Crippen molar-refractivity contribution in [2.45, 2.75) is 20.1 Å². The molecule has 0 radical (unpaired) electrons. The van der Waals surface area contributed by atoms with Crippen LogP contribution in [0.2, 0.25) is 5.02 Å². The van der Waals surface area contributed by atoms with Crippen molar-refractivity contribution in [2.24, 2.45) is 0 Å². The minimum atomic E-state index is -0.348. The Labute approximate surface area is 100 Å². The van der Waals surface area contributed by atoms with Crippen molar-refractivity contribution < 1.29 is 14.2 Å². The second-order valence-electron chi connectivity index (χ2n) is 3.65. The third-order valence-corrected chi connectivity index (χ3v) is 2.87. The molecule has 1 aromatic rings. The van der Waals surface area contributed by atoms with Crippen molar-refractivity contribution in [2.75, 3.05) is 19.8 Å². The molecule has 1 heterocycles. The van der Waals surface area contributed by atoms with E-state index in [0.29, 0.717) is 24.8 Å². The van der Waals surface area contributed by atoms with E-state index in [0.717, 1.165) is 16.9 Å². The molecule has 0 N–H and O–H groups in total. The molecule has 0 amide bonds. The number of hydrogen-bond acceptors (Lipinski definition) is 3. The van der Waals surface area contributed by atoms with Gasteiger partial charge in [0, 0.05) is 5.02 Å². The molecule has 0 aromatic heterocycles. The molecule has 0 saturated carbocycles. The number of hydrogen-bond donors (Lipinski definition) is 0. The van der Waals surface area contributed by atoms with Gasteiger partial charge in [0.2, 0.25) is 0 Å². The highest BCUT2D eigenvalue weighted by Crippen LogP contribution is 2.35. The van der Waals surface area contributed by atoms with Crippen molar-refractivity contribution in [3.05, 3.63) is 28.3 Å². The quantitative estimate of drug-likeness (QED) is 0.815. The highest BCUT2D eigenvalue weighted by Gasteiger charge is 2.23. The van der Waals surface area contributed by atoms with Crippen molar-refractivity contribution in [3.63, 3.8) is 0 Å². The minimum absolute atomic E-state index is 0.348. The van der Waals surface area contributed by atoms with Crippen LogP contribution in [0.3, 0.4) is 0 Å². The lowest BCUT2D eigenvalue weighted by Gasteiger charge is -2.16. The Bertz CT molecular complexity index is 373. The van der Waals surface area contributed by atoms with E-state index in [1.807, 2.05) is 26.0 Å². The van der Waals surface area contributed by atoms with Gasteiger partial charge in [-0.15, -0.1) is 0 Å². The summed E-state index contributed by atoms with van der Waals surface area (Å²) in [4.78, 5) is 0. The standard InChI is InChI=1S/C12H15ClO3/c1-3-14-11-6-8(2)10(13)7-9(11)12-15-4-5-16-12/h6-7,12H,3-5H2,1-2H3. The van der Waals surface area contributed by atoms with Gasteiger partial charge in [-0.25, -0.2) is 0 Å². The summed E-state index contributed by atoms with van der Waals surface area (Å²) < 4.78 is 16.5. The zero-order valence-corrected chi connectivity index (χ0v) is 10.2. The zero-order valence-electron chi connectivity index (χ0n) is 9.46. The summed E-state index contributed by atoms with van der Waals surface area (Å²) in [5, 5.41) is 0.706. The Balaban J connectivity index is 2.36. The molecule has 0 aliphatic carbocycles. The van der Waals surface area contributed by atoms with Crippen LogP contribution in [0, 0.1) is 6.92 Å². The topological polar surface area (TPSA) is 27.7 Å². The molecule has 0 spiro atoms. The highest BCUT2D eigenvalue weighted by molar-refractivity contribution is 6.31. The van der Waals surface area contributed by atoms with Crippen LogP contribution >= 0.6 is 11.6 Å². The highest BCUT2D eigenvalue weighted by atomic mass is 35.5. The first-order valence-corrected chi connectivity index (χ1v) is 5.76. The molecule has 1 aromatic carbocycles. The van der Waals surface area contributed by atoms with E-state index in [1.165, 1.54) is 0 Å². The fraction of sp³-hybridized carbons (Fsp3) is 0.500. The van der Waals surface area contributed by atoms with Gasteiger partial charge in [-0.2, -0.15) is 0 Å². The van der Waals surface area contributed by atoms with Crippen LogP contribution in [-0.4, -0.2) is 19.8 Å². The monoisotopic (exact) mass is 242 g/mol. The second kappa shape index (κ2) is 5.04. The summed E-state index contributed by atoms with van der Waals surface area (Å²) in [7, 11) is 0. The van der Waals surface area contributed by atoms with Crippen molar-refractivity contribution in [1.82, 2.24) is 0 Å². The first-order valence-electron chi connectivity index (χ1n) is 5.38. The average molecular weight is 243 g/mol. The minimum Gasteiger partial charge on any atom is -0.493 e. The van der Waals surface area contributed by atoms with E-state index in [4.69, 9.17) is 25.8 Å². The number of benzene rings is 1. The largest absolute Gasteiger partial charge is 0.493 e. The van der Waals surface area contributed by atoms with Crippen LogP contribution < -0.4 is 4.74 Å². The Hall–Kier alpha value is -0.770. The molecule has 2 rings (SSSR count). The summed E-state index contributed by atoms with van der Waals surface area (Å²) in [5.41, 5.74) is 1.86. The predicted octanol–water partition coefficient (Wildman–Crippen LogP) is 3.09. The number of aryl methyl sites for hydroxylation is 1. The summed E-state index contributed by atoms with van der Waals surface area (Å²) in [5.74, 6) is 0.788. The third kappa shape index (κ3) is 2.32. The number of halogens is 1. The molecular formula is C12H15ClO3. The van der Waals surface area contributed by atoms with Crippen molar-refractivity contribution >= 4 is 11.6 Å². The molecule has 3 nitrogen and oxygen atoms in total. The fourth-order valence-electron chi connectivity index (χ4n) is 1.67. The fourth-order valence-corrected chi connectivity index (χ4v) is 1.85. The van der Waals surface area contributed by atoms with Gasteiger partial charge in [0.15, 0.2) is 6.29 Å². The molecule has 88 valence electrons. The van der Waals surface area contributed by atoms with Crippen LogP contribution in [0.15, 0.2) is 12.1 Å². The lowest BCUT2D eigenvalue weighted by atomic mass is 10.1. The number of ether oxygens (including phenoxy) is 3. The average Bonchev–Trinajstić information content (AvgIpc) is 2.76. The molecule has 4 heteroatoms. The summed E-state index contributed by atoms with van der Waals surface area (Å²) in [6.45, 7) is 5.74. The lowest BCUT2D eigenvalue weighted by molar-refractivity contribution is -0.0457. The maximum Gasteiger partial charge on any atom is 0.187 e. The third-order valence-electron chi connectivity index (χ3n) is 2.47.